The van der Waals surface area contributed by atoms with Gasteiger partial charge in [0.2, 0.25) is 0 Å². The molecule has 3 heteroatoms. The fourth-order valence-corrected chi connectivity index (χ4v) is 1.09. The van der Waals surface area contributed by atoms with Crippen molar-refractivity contribution in [2.75, 3.05) is 0 Å². The maximum atomic E-state index is 13.0. The molecule has 1 atom stereocenters. The van der Waals surface area contributed by atoms with E-state index < -0.39 is 5.72 Å². The van der Waals surface area contributed by atoms with Gasteiger partial charge in [-0.05, 0) is 31.4 Å². The Balaban J connectivity index is 2.60. The monoisotopic (exact) mass is 183 g/mol. The molecule has 0 spiro atoms. The molecule has 2 nitrogen and oxygen atoms in total. The summed E-state index contributed by atoms with van der Waals surface area (Å²) < 4.78 is 13.0. The summed E-state index contributed by atoms with van der Waals surface area (Å²) >= 11 is 0. The van der Waals surface area contributed by atoms with Gasteiger partial charge in [0.25, 0.3) is 0 Å². The van der Waals surface area contributed by atoms with Gasteiger partial charge in [-0.2, -0.15) is 0 Å². The van der Waals surface area contributed by atoms with E-state index in [0.29, 0.717) is 18.4 Å². The van der Waals surface area contributed by atoms with Crippen LogP contribution in [0.25, 0.3) is 0 Å². The molecule has 1 unspecified atom stereocenters. The normalized spacial score (nSPS) is 15.4. The maximum absolute atomic E-state index is 13.0. The average molecular weight is 183 g/mol. The van der Waals surface area contributed by atoms with Gasteiger partial charge in [0.05, 0.1) is 0 Å². The van der Waals surface area contributed by atoms with Crippen LogP contribution in [0.3, 0.4) is 0 Å². The third-order valence-electron chi connectivity index (χ3n) is 1.86. The van der Waals surface area contributed by atoms with Gasteiger partial charge in [-0.1, -0.05) is 18.2 Å². The standard InChI is InChI=1S/C10H14FNO/c1-10(12,13)7-6-8-4-2-3-5-9(8)11/h2-5,13H,6-7,12H2,1H3. The number of rotatable bonds is 3. The molecule has 0 saturated heterocycles. The lowest BCUT2D eigenvalue weighted by Gasteiger charge is -2.16. The molecular weight excluding hydrogens is 169 g/mol. The fraction of sp³-hybridized carbons (Fsp3) is 0.400. The smallest absolute Gasteiger partial charge is 0.126 e. The molecule has 0 aliphatic heterocycles. The summed E-state index contributed by atoms with van der Waals surface area (Å²) in [4.78, 5) is 0. The van der Waals surface area contributed by atoms with Crippen LogP contribution >= 0.6 is 0 Å². The summed E-state index contributed by atoms with van der Waals surface area (Å²) in [7, 11) is 0. The topological polar surface area (TPSA) is 46.2 Å². The van der Waals surface area contributed by atoms with Gasteiger partial charge >= 0.3 is 0 Å². The minimum Gasteiger partial charge on any atom is -0.376 e. The Morgan fingerprint density at radius 2 is 2.08 bits per heavy atom. The van der Waals surface area contributed by atoms with Crippen molar-refractivity contribution in [3.63, 3.8) is 0 Å². The number of halogens is 1. The van der Waals surface area contributed by atoms with Crippen LogP contribution in [-0.4, -0.2) is 10.8 Å². The minimum absolute atomic E-state index is 0.244. The van der Waals surface area contributed by atoms with E-state index in [-0.39, 0.29) is 5.82 Å². The second-order valence-corrected chi connectivity index (χ2v) is 3.45. The second kappa shape index (κ2) is 3.85. The van der Waals surface area contributed by atoms with Crippen LogP contribution in [0.2, 0.25) is 0 Å². The second-order valence-electron chi connectivity index (χ2n) is 3.45. The average Bonchev–Trinajstić information content (AvgIpc) is 2.01. The summed E-state index contributed by atoms with van der Waals surface area (Å²) in [6.45, 7) is 1.51. The Kier molecular flexibility index (Phi) is 3.01. The van der Waals surface area contributed by atoms with E-state index in [9.17, 15) is 9.50 Å². The zero-order chi connectivity index (χ0) is 9.90. The Morgan fingerprint density at radius 1 is 1.46 bits per heavy atom. The third kappa shape index (κ3) is 3.53. The van der Waals surface area contributed by atoms with E-state index in [4.69, 9.17) is 5.73 Å². The van der Waals surface area contributed by atoms with E-state index in [0.717, 1.165) is 0 Å². The van der Waals surface area contributed by atoms with Gasteiger partial charge in [-0.25, -0.2) is 4.39 Å². The highest BCUT2D eigenvalue weighted by atomic mass is 19.1. The van der Waals surface area contributed by atoms with E-state index >= 15 is 0 Å². The molecule has 0 fully saturated rings. The summed E-state index contributed by atoms with van der Waals surface area (Å²) in [5, 5.41) is 9.23. The number of aryl methyl sites for hydroxylation is 1. The Bertz CT molecular complexity index is 280. The molecule has 0 aromatic heterocycles. The zero-order valence-corrected chi connectivity index (χ0v) is 7.63. The molecule has 72 valence electrons. The molecule has 1 rings (SSSR count). The summed E-state index contributed by atoms with van der Waals surface area (Å²) in [6, 6.07) is 6.50. The number of aliphatic hydroxyl groups is 1. The van der Waals surface area contributed by atoms with Crippen LogP contribution in [0.5, 0.6) is 0 Å². The van der Waals surface area contributed by atoms with Crippen molar-refractivity contribution in [3.05, 3.63) is 35.6 Å². The van der Waals surface area contributed by atoms with Crippen LogP contribution in [0, 0.1) is 5.82 Å². The number of nitrogens with two attached hydrogens (primary N) is 1. The lowest BCUT2D eigenvalue weighted by Crippen LogP contribution is -2.35. The first-order valence-corrected chi connectivity index (χ1v) is 4.24. The molecule has 0 bridgehead atoms. The van der Waals surface area contributed by atoms with E-state index in [1.165, 1.54) is 13.0 Å². The van der Waals surface area contributed by atoms with Crippen LogP contribution in [0.1, 0.15) is 18.9 Å². The van der Waals surface area contributed by atoms with Crippen LogP contribution in [0.4, 0.5) is 4.39 Å². The van der Waals surface area contributed by atoms with Crippen molar-refractivity contribution in [1.82, 2.24) is 0 Å². The van der Waals surface area contributed by atoms with Gasteiger partial charge < -0.3 is 10.8 Å². The zero-order valence-electron chi connectivity index (χ0n) is 7.63. The highest BCUT2D eigenvalue weighted by Crippen LogP contribution is 2.12. The third-order valence-corrected chi connectivity index (χ3v) is 1.86. The first-order valence-electron chi connectivity index (χ1n) is 4.24. The lowest BCUT2D eigenvalue weighted by molar-refractivity contribution is 0.0581. The quantitative estimate of drug-likeness (QED) is 0.696. The van der Waals surface area contributed by atoms with Gasteiger partial charge in [0.15, 0.2) is 0 Å². The van der Waals surface area contributed by atoms with Crippen LogP contribution in [-0.2, 0) is 6.42 Å². The fourth-order valence-electron chi connectivity index (χ4n) is 1.09. The molecule has 0 aliphatic rings. The molecule has 1 aromatic rings. The predicted molar refractivity (Wildman–Crippen MR) is 49.5 cm³/mol. The molecule has 0 amide bonds. The summed E-state index contributed by atoms with van der Waals surface area (Å²) in [6.07, 6.45) is 0.810. The molecule has 0 aliphatic carbocycles. The Labute approximate surface area is 77.2 Å². The number of hydrogen-bond acceptors (Lipinski definition) is 2. The van der Waals surface area contributed by atoms with Gasteiger partial charge in [-0.15, -0.1) is 0 Å². The van der Waals surface area contributed by atoms with E-state index in [2.05, 4.69) is 0 Å². The van der Waals surface area contributed by atoms with Gasteiger partial charge in [0.1, 0.15) is 11.5 Å². The van der Waals surface area contributed by atoms with Crippen molar-refractivity contribution in [2.45, 2.75) is 25.5 Å². The highest BCUT2D eigenvalue weighted by Gasteiger charge is 2.13. The van der Waals surface area contributed by atoms with Crippen molar-refractivity contribution in [3.8, 4) is 0 Å². The van der Waals surface area contributed by atoms with Gasteiger partial charge in [-0.3, -0.25) is 0 Å². The molecular formula is C10H14FNO. The molecule has 1 aromatic carbocycles. The lowest BCUT2D eigenvalue weighted by atomic mass is 10.0. The van der Waals surface area contributed by atoms with Crippen molar-refractivity contribution >= 4 is 0 Å². The Morgan fingerprint density at radius 3 is 2.62 bits per heavy atom. The highest BCUT2D eigenvalue weighted by molar-refractivity contribution is 5.17. The minimum atomic E-state index is -1.22. The summed E-state index contributed by atoms with van der Waals surface area (Å²) in [5.41, 5.74) is 4.74. The van der Waals surface area contributed by atoms with E-state index in [1.54, 1.807) is 18.2 Å². The van der Waals surface area contributed by atoms with Gasteiger partial charge in [0, 0.05) is 0 Å². The molecule has 3 N–H and O–H groups in total. The Hall–Kier alpha value is -0.930. The van der Waals surface area contributed by atoms with Crippen LogP contribution in [0.15, 0.2) is 24.3 Å². The molecule has 0 saturated carbocycles. The molecule has 0 heterocycles. The first-order chi connectivity index (χ1) is 5.99. The molecule has 0 radical (unpaired) electrons. The SMILES string of the molecule is CC(N)(O)CCc1ccccc1F. The van der Waals surface area contributed by atoms with Crippen molar-refractivity contribution < 1.29 is 9.50 Å². The van der Waals surface area contributed by atoms with Crippen LogP contribution < -0.4 is 5.73 Å². The largest absolute Gasteiger partial charge is 0.376 e. The molecule has 13 heavy (non-hydrogen) atoms. The maximum Gasteiger partial charge on any atom is 0.126 e. The number of benzene rings is 1. The predicted octanol–water partition coefficient (Wildman–Crippen LogP) is 1.43. The van der Waals surface area contributed by atoms with E-state index in [1.807, 2.05) is 0 Å². The first kappa shape index (κ1) is 10.2. The van der Waals surface area contributed by atoms with Crippen molar-refractivity contribution in [1.29, 1.82) is 0 Å². The van der Waals surface area contributed by atoms with Crippen molar-refractivity contribution in [2.24, 2.45) is 5.73 Å². The number of hydrogen-bond donors (Lipinski definition) is 2. The summed E-state index contributed by atoms with van der Waals surface area (Å²) in [5.74, 6) is -0.244.